The molecule has 0 aliphatic carbocycles. The minimum Gasteiger partial charge on any atom is -0.362 e. The number of rotatable bonds is 3. The van der Waals surface area contributed by atoms with Gasteiger partial charge in [0.1, 0.15) is 5.70 Å². The third-order valence-electron chi connectivity index (χ3n) is 5.19. The van der Waals surface area contributed by atoms with Gasteiger partial charge in [-0.05, 0) is 49.1 Å². The van der Waals surface area contributed by atoms with E-state index in [9.17, 15) is 9.59 Å². The summed E-state index contributed by atoms with van der Waals surface area (Å²) in [6, 6.07) is 15.2. The molecular weight excluding hydrogens is 360 g/mol. The van der Waals surface area contributed by atoms with E-state index < -0.39 is 0 Å². The lowest BCUT2D eigenvalue weighted by molar-refractivity contribution is -0.139. The number of nitrogens with zero attached hydrogens (tertiary/aromatic N) is 2. The molecule has 0 fully saturated rings. The maximum Gasteiger partial charge on any atom is 0.278 e. The summed E-state index contributed by atoms with van der Waals surface area (Å²) in [5.41, 5.74) is 4.22. The molecule has 2 aliphatic heterocycles. The molecule has 0 unspecified atom stereocenters. The zero-order chi connectivity index (χ0) is 19.1. The number of hydrogen-bond acceptors (Lipinski definition) is 3. The number of carbonyl (C=O) groups excluding carboxylic acids is 2. The van der Waals surface area contributed by atoms with Crippen LogP contribution in [0.25, 0.3) is 5.57 Å². The summed E-state index contributed by atoms with van der Waals surface area (Å²) in [5.74, 6) is -0.439. The number of imide groups is 1. The number of hydrogen-bond donors (Lipinski definition) is 0. The summed E-state index contributed by atoms with van der Waals surface area (Å²) in [4.78, 5) is 29.7. The third-order valence-corrected chi connectivity index (χ3v) is 5.44. The van der Waals surface area contributed by atoms with E-state index in [1.807, 2.05) is 38.1 Å². The predicted octanol–water partition coefficient (Wildman–Crippen LogP) is 3.89. The first-order valence-electron chi connectivity index (χ1n) is 9.17. The predicted molar refractivity (Wildman–Crippen MR) is 106 cm³/mol. The Balaban J connectivity index is 1.81. The van der Waals surface area contributed by atoms with Crippen LogP contribution < -0.4 is 0 Å². The fourth-order valence-corrected chi connectivity index (χ4v) is 3.99. The van der Waals surface area contributed by atoms with Gasteiger partial charge in [0.05, 0.1) is 5.57 Å². The highest BCUT2D eigenvalue weighted by Gasteiger charge is 2.43. The van der Waals surface area contributed by atoms with Crippen LogP contribution in [-0.4, -0.2) is 34.2 Å². The van der Waals surface area contributed by atoms with Crippen molar-refractivity contribution in [3.05, 3.63) is 75.9 Å². The van der Waals surface area contributed by atoms with Gasteiger partial charge in [-0.3, -0.25) is 14.5 Å². The second-order valence-corrected chi connectivity index (χ2v) is 7.68. The first-order chi connectivity index (χ1) is 13.0. The highest BCUT2D eigenvalue weighted by atomic mass is 35.5. The average Bonchev–Trinajstić information content (AvgIpc) is 2.92. The SMILES string of the molecule is CC(C)N1C(=O)C(c2ccc(Cl)cc2)=C(N2CCc3ccccc3C2)C1=O. The molecule has 2 aromatic carbocycles. The Kier molecular flexibility index (Phi) is 4.52. The van der Waals surface area contributed by atoms with Gasteiger partial charge in [-0.25, -0.2) is 0 Å². The van der Waals surface area contributed by atoms with E-state index in [4.69, 9.17) is 11.6 Å². The van der Waals surface area contributed by atoms with Crippen molar-refractivity contribution in [2.45, 2.75) is 32.9 Å². The Morgan fingerprint density at radius 2 is 1.59 bits per heavy atom. The van der Waals surface area contributed by atoms with Crippen LogP contribution in [0.1, 0.15) is 30.5 Å². The van der Waals surface area contributed by atoms with Gasteiger partial charge in [-0.2, -0.15) is 0 Å². The zero-order valence-electron chi connectivity index (χ0n) is 15.4. The normalized spacial score (nSPS) is 17.2. The summed E-state index contributed by atoms with van der Waals surface area (Å²) in [6.45, 7) is 5.08. The van der Waals surface area contributed by atoms with Crippen molar-refractivity contribution in [1.29, 1.82) is 0 Å². The lowest BCUT2D eigenvalue weighted by Crippen LogP contribution is -2.40. The van der Waals surface area contributed by atoms with Gasteiger partial charge in [0.2, 0.25) is 0 Å². The Hall–Kier alpha value is -2.59. The molecule has 2 heterocycles. The molecule has 4 nitrogen and oxygen atoms in total. The molecule has 0 saturated carbocycles. The van der Waals surface area contributed by atoms with Crippen LogP contribution in [0.3, 0.4) is 0 Å². The average molecular weight is 381 g/mol. The number of fused-ring (bicyclic) bond motifs is 1. The molecule has 0 bridgehead atoms. The van der Waals surface area contributed by atoms with Crippen LogP contribution in [-0.2, 0) is 22.6 Å². The van der Waals surface area contributed by atoms with Crippen LogP contribution in [0.4, 0.5) is 0 Å². The smallest absolute Gasteiger partial charge is 0.278 e. The standard InChI is InChI=1S/C22H21ClN2O2/c1-14(2)25-21(26)19(16-7-9-18(23)10-8-16)20(22(25)27)24-12-11-15-5-3-4-6-17(15)13-24/h3-10,14H,11-13H2,1-2H3. The Morgan fingerprint density at radius 1 is 0.926 bits per heavy atom. The van der Waals surface area contributed by atoms with Gasteiger partial charge in [-0.15, -0.1) is 0 Å². The lowest BCUT2D eigenvalue weighted by Gasteiger charge is -2.31. The lowest BCUT2D eigenvalue weighted by atomic mass is 9.98. The van der Waals surface area contributed by atoms with E-state index >= 15 is 0 Å². The van der Waals surface area contributed by atoms with Crippen LogP contribution in [0, 0.1) is 0 Å². The zero-order valence-corrected chi connectivity index (χ0v) is 16.2. The van der Waals surface area contributed by atoms with Crippen molar-refractivity contribution in [3.8, 4) is 0 Å². The first kappa shape index (κ1) is 17.8. The van der Waals surface area contributed by atoms with E-state index in [-0.39, 0.29) is 17.9 Å². The Bertz CT molecular complexity index is 947. The monoisotopic (exact) mass is 380 g/mol. The molecule has 2 aromatic rings. The van der Waals surface area contributed by atoms with Gasteiger partial charge < -0.3 is 4.90 Å². The van der Waals surface area contributed by atoms with E-state index in [0.29, 0.717) is 29.4 Å². The van der Waals surface area contributed by atoms with Gasteiger partial charge in [0.25, 0.3) is 11.8 Å². The van der Waals surface area contributed by atoms with Crippen molar-refractivity contribution in [2.24, 2.45) is 0 Å². The van der Waals surface area contributed by atoms with Crippen LogP contribution >= 0.6 is 11.6 Å². The molecule has 4 rings (SSSR count). The highest BCUT2D eigenvalue weighted by molar-refractivity contribution is 6.36. The molecule has 0 radical (unpaired) electrons. The molecule has 2 aliphatic rings. The molecular formula is C22H21ClN2O2. The molecule has 0 N–H and O–H groups in total. The highest BCUT2D eigenvalue weighted by Crippen LogP contribution is 2.35. The van der Waals surface area contributed by atoms with Crippen LogP contribution in [0.5, 0.6) is 0 Å². The van der Waals surface area contributed by atoms with Gasteiger partial charge in [0.15, 0.2) is 0 Å². The molecule has 138 valence electrons. The summed E-state index contributed by atoms with van der Waals surface area (Å²) in [7, 11) is 0. The molecule has 5 heteroatoms. The van der Waals surface area contributed by atoms with Gasteiger partial charge in [0, 0.05) is 24.2 Å². The number of halogens is 1. The summed E-state index contributed by atoms with van der Waals surface area (Å²) in [5, 5.41) is 0.602. The topological polar surface area (TPSA) is 40.6 Å². The molecule has 0 spiro atoms. The molecule has 0 aromatic heterocycles. The maximum absolute atomic E-state index is 13.2. The van der Waals surface area contributed by atoms with E-state index in [2.05, 4.69) is 17.0 Å². The number of benzene rings is 2. The quantitative estimate of drug-likeness (QED) is 0.758. The van der Waals surface area contributed by atoms with E-state index in [1.165, 1.54) is 16.0 Å². The molecule has 0 saturated heterocycles. The summed E-state index contributed by atoms with van der Waals surface area (Å²) in [6.07, 6.45) is 0.858. The number of carbonyl (C=O) groups is 2. The molecule has 27 heavy (non-hydrogen) atoms. The van der Waals surface area contributed by atoms with Crippen molar-refractivity contribution >= 4 is 29.0 Å². The fraction of sp³-hybridized carbons (Fsp3) is 0.273. The minimum atomic E-state index is -0.230. The Labute approximate surface area is 164 Å². The minimum absolute atomic E-state index is 0.193. The fourth-order valence-electron chi connectivity index (χ4n) is 3.86. The second kappa shape index (κ2) is 6.86. The van der Waals surface area contributed by atoms with E-state index in [1.54, 1.807) is 12.1 Å². The van der Waals surface area contributed by atoms with Gasteiger partial charge >= 0.3 is 0 Å². The van der Waals surface area contributed by atoms with E-state index in [0.717, 1.165) is 12.0 Å². The van der Waals surface area contributed by atoms with Crippen molar-refractivity contribution in [3.63, 3.8) is 0 Å². The third kappa shape index (κ3) is 3.04. The number of amides is 2. The Morgan fingerprint density at radius 3 is 2.26 bits per heavy atom. The van der Waals surface area contributed by atoms with Crippen LogP contribution in [0.2, 0.25) is 5.02 Å². The maximum atomic E-state index is 13.2. The molecule has 2 amide bonds. The van der Waals surface area contributed by atoms with Crippen molar-refractivity contribution < 1.29 is 9.59 Å². The second-order valence-electron chi connectivity index (χ2n) is 7.24. The summed E-state index contributed by atoms with van der Waals surface area (Å²) < 4.78 is 0. The largest absolute Gasteiger partial charge is 0.362 e. The van der Waals surface area contributed by atoms with Crippen LogP contribution in [0.15, 0.2) is 54.2 Å². The first-order valence-corrected chi connectivity index (χ1v) is 9.55. The summed E-state index contributed by atoms with van der Waals surface area (Å²) >= 11 is 6.02. The van der Waals surface area contributed by atoms with Crippen molar-refractivity contribution in [1.82, 2.24) is 9.80 Å². The molecule has 0 atom stereocenters. The van der Waals surface area contributed by atoms with Crippen molar-refractivity contribution in [2.75, 3.05) is 6.54 Å². The van der Waals surface area contributed by atoms with Gasteiger partial charge in [-0.1, -0.05) is 48.0 Å².